The fraction of sp³-hybridized carbons (Fsp3) is 0.500. The van der Waals surface area contributed by atoms with Crippen LogP contribution in [0.2, 0.25) is 0 Å². The summed E-state index contributed by atoms with van der Waals surface area (Å²) in [7, 11) is 0. The SMILES string of the molecule is C=CC(CC(C)=O)CC(=O)O. The van der Waals surface area contributed by atoms with Gasteiger partial charge in [-0.15, -0.1) is 6.58 Å². The van der Waals surface area contributed by atoms with Crippen LogP contribution >= 0.6 is 0 Å². The van der Waals surface area contributed by atoms with Gasteiger partial charge in [-0.1, -0.05) is 6.08 Å². The lowest BCUT2D eigenvalue weighted by Gasteiger charge is -2.05. The molecule has 1 unspecified atom stereocenters. The van der Waals surface area contributed by atoms with E-state index in [-0.39, 0.29) is 24.5 Å². The summed E-state index contributed by atoms with van der Waals surface area (Å²) >= 11 is 0. The van der Waals surface area contributed by atoms with Crippen LogP contribution in [0.1, 0.15) is 19.8 Å². The highest BCUT2D eigenvalue weighted by Crippen LogP contribution is 2.09. The summed E-state index contributed by atoms with van der Waals surface area (Å²) in [4.78, 5) is 20.7. The van der Waals surface area contributed by atoms with Crippen LogP contribution in [-0.2, 0) is 9.59 Å². The molecule has 0 bridgehead atoms. The van der Waals surface area contributed by atoms with E-state index in [4.69, 9.17) is 5.11 Å². The molecule has 0 radical (unpaired) electrons. The van der Waals surface area contributed by atoms with Crippen LogP contribution < -0.4 is 0 Å². The molecule has 1 N–H and O–H groups in total. The van der Waals surface area contributed by atoms with E-state index in [1.807, 2.05) is 0 Å². The van der Waals surface area contributed by atoms with E-state index in [9.17, 15) is 9.59 Å². The molecule has 11 heavy (non-hydrogen) atoms. The first-order chi connectivity index (χ1) is 5.06. The minimum absolute atomic E-state index is 0.00356. The first-order valence-electron chi connectivity index (χ1n) is 3.40. The predicted octanol–water partition coefficient (Wildman–Crippen LogP) is 1.24. The van der Waals surface area contributed by atoms with Gasteiger partial charge in [-0.25, -0.2) is 0 Å². The summed E-state index contributed by atoms with van der Waals surface area (Å²) < 4.78 is 0. The van der Waals surface area contributed by atoms with Crippen LogP contribution in [0.25, 0.3) is 0 Å². The van der Waals surface area contributed by atoms with Crippen molar-refractivity contribution < 1.29 is 14.7 Å². The predicted molar refractivity (Wildman–Crippen MR) is 41.2 cm³/mol. The Morgan fingerprint density at radius 2 is 2.09 bits per heavy atom. The topological polar surface area (TPSA) is 54.4 Å². The van der Waals surface area contributed by atoms with Crippen molar-refractivity contribution in [1.29, 1.82) is 0 Å². The number of hydrogen-bond donors (Lipinski definition) is 1. The van der Waals surface area contributed by atoms with Crippen molar-refractivity contribution in [2.24, 2.45) is 5.92 Å². The average Bonchev–Trinajstić information content (AvgIpc) is 1.84. The lowest BCUT2D eigenvalue weighted by atomic mass is 10.00. The second-order valence-corrected chi connectivity index (χ2v) is 2.50. The standard InChI is InChI=1S/C8H12O3/c1-3-7(4-6(2)9)5-8(10)11/h3,7H,1,4-5H2,2H3,(H,10,11). The van der Waals surface area contributed by atoms with Gasteiger partial charge in [-0.3, -0.25) is 4.79 Å². The number of hydrogen-bond acceptors (Lipinski definition) is 2. The lowest BCUT2D eigenvalue weighted by molar-refractivity contribution is -0.137. The van der Waals surface area contributed by atoms with Crippen LogP contribution in [-0.4, -0.2) is 16.9 Å². The summed E-state index contributed by atoms with van der Waals surface area (Å²) in [6, 6.07) is 0. The van der Waals surface area contributed by atoms with Gasteiger partial charge in [0.2, 0.25) is 0 Å². The molecular formula is C8H12O3. The Morgan fingerprint density at radius 1 is 1.55 bits per heavy atom. The van der Waals surface area contributed by atoms with Crippen LogP contribution in [0.4, 0.5) is 0 Å². The van der Waals surface area contributed by atoms with Crippen LogP contribution in [0, 0.1) is 5.92 Å². The Morgan fingerprint density at radius 3 is 2.36 bits per heavy atom. The van der Waals surface area contributed by atoms with E-state index < -0.39 is 5.97 Å². The van der Waals surface area contributed by atoms with Gasteiger partial charge in [0.05, 0.1) is 6.42 Å². The fourth-order valence-corrected chi connectivity index (χ4v) is 0.832. The zero-order valence-electron chi connectivity index (χ0n) is 6.54. The molecule has 0 saturated heterocycles. The van der Waals surface area contributed by atoms with Gasteiger partial charge in [0, 0.05) is 6.42 Å². The Kier molecular flexibility index (Phi) is 4.18. The quantitative estimate of drug-likeness (QED) is 0.609. The molecule has 0 spiro atoms. The molecule has 3 nitrogen and oxygen atoms in total. The molecule has 0 rings (SSSR count). The third kappa shape index (κ3) is 5.33. The van der Waals surface area contributed by atoms with Gasteiger partial charge < -0.3 is 9.90 Å². The number of ketones is 1. The van der Waals surface area contributed by atoms with Crippen LogP contribution in [0.15, 0.2) is 12.7 Å². The molecule has 0 saturated carbocycles. The molecule has 0 aliphatic heterocycles. The smallest absolute Gasteiger partial charge is 0.303 e. The summed E-state index contributed by atoms with van der Waals surface area (Å²) in [6.07, 6.45) is 1.77. The maximum atomic E-state index is 10.6. The molecule has 0 aromatic rings. The molecule has 0 aliphatic rings. The fourth-order valence-electron chi connectivity index (χ4n) is 0.832. The molecule has 1 atom stereocenters. The van der Waals surface area contributed by atoms with E-state index in [2.05, 4.69) is 6.58 Å². The minimum Gasteiger partial charge on any atom is -0.481 e. The van der Waals surface area contributed by atoms with Crippen LogP contribution in [0.5, 0.6) is 0 Å². The average molecular weight is 156 g/mol. The highest BCUT2D eigenvalue weighted by molar-refractivity contribution is 5.77. The molecule has 0 amide bonds. The maximum Gasteiger partial charge on any atom is 0.303 e. The third-order valence-corrected chi connectivity index (χ3v) is 1.32. The molecule has 0 heterocycles. The molecule has 0 aromatic carbocycles. The minimum atomic E-state index is -0.892. The number of carbonyl (C=O) groups excluding carboxylic acids is 1. The van der Waals surface area contributed by atoms with Crippen molar-refractivity contribution in [3.63, 3.8) is 0 Å². The first-order valence-corrected chi connectivity index (χ1v) is 3.40. The Hall–Kier alpha value is -1.12. The van der Waals surface area contributed by atoms with Gasteiger partial charge in [0.1, 0.15) is 5.78 Å². The summed E-state index contributed by atoms with van der Waals surface area (Å²) in [6.45, 7) is 4.89. The summed E-state index contributed by atoms with van der Waals surface area (Å²) in [5.41, 5.74) is 0. The van der Waals surface area contributed by atoms with Crippen molar-refractivity contribution in [1.82, 2.24) is 0 Å². The van der Waals surface area contributed by atoms with Crippen molar-refractivity contribution >= 4 is 11.8 Å². The molecule has 0 aromatic heterocycles. The van der Waals surface area contributed by atoms with E-state index >= 15 is 0 Å². The zero-order valence-corrected chi connectivity index (χ0v) is 6.54. The number of carboxylic acids is 1. The largest absolute Gasteiger partial charge is 0.481 e. The van der Waals surface area contributed by atoms with Gasteiger partial charge in [0.25, 0.3) is 0 Å². The number of rotatable bonds is 5. The second-order valence-electron chi connectivity index (χ2n) is 2.50. The van der Waals surface area contributed by atoms with Gasteiger partial charge >= 0.3 is 5.97 Å². The molecular weight excluding hydrogens is 144 g/mol. The van der Waals surface area contributed by atoms with Crippen molar-refractivity contribution in [3.05, 3.63) is 12.7 Å². The van der Waals surface area contributed by atoms with Crippen molar-refractivity contribution in [2.45, 2.75) is 19.8 Å². The molecule has 3 heteroatoms. The van der Waals surface area contributed by atoms with Crippen LogP contribution in [0.3, 0.4) is 0 Å². The zero-order chi connectivity index (χ0) is 8.85. The number of allylic oxidation sites excluding steroid dienone is 1. The van der Waals surface area contributed by atoms with Gasteiger partial charge in [0.15, 0.2) is 0 Å². The highest BCUT2D eigenvalue weighted by Gasteiger charge is 2.10. The summed E-state index contributed by atoms with van der Waals surface area (Å²) in [5, 5.41) is 8.37. The lowest BCUT2D eigenvalue weighted by Crippen LogP contribution is -2.08. The van der Waals surface area contributed by atoms with E-state index in [1.165, 1.54) is 13.0 Å². The number of carboxylic acid groups (broad SMARTS) is 1. The number of carbonyl (C=O) groups is 2. The van der Waals surface area contributed by atoms with Gasteiger partial charge in [-0.2, -0.15) is 0 Å². The monoisotopic (exact) mass is 156 g/mol. The Balaban J connectivity index is 3.85. The Labute approximate surface area is 65.7 Å². The highest BCUT2D eigenvalue weighted by atomic mass is 16.4. The maximum absolute atomic E-state index is 10.6. The summed E-state index contributed by atoms with van der Waals surface area (Å²) in [5.74, 6) is -1.11. The normalized spacial score (nSPS) is 12.1. The second kappa shape index (κ2) is 4.66. The van der Waals surface area contributed by atoms with Crippen molar-refractivity contribution in [3.8, 4) is 0 Å². The van der Waals surface area contributed by atoms with E-state index in [1.54, 1.807) is 0 Å². The molecule has 62 valence electrons. The number of Topliss-reactive ketones (excluding diaryl/α,β-unsaturated/α-hetero) is 1. The van der Waals surface area contributed by atoms with Crippen molar-refractivity contribution in [2.75, 3.05) is 0 Å². The van der Waals surface area contributed by atoms with E-state index in [0.717, 1.165) is 0 Å². The Bertz CT molecular complexity index is 156. The van der Waals surface area contributed by atoms with Gasteiger partial charge in [-0.05, 0) is 12.8 Å². The van der Waals surface area contributed by atoms with E-state index in [0.29, 0.717) is 0 Å². The molecule has 0 aliphatic carbocycles. The first kappa shape index (κ1) is 9.88. The number of aliphatic carboxylic acids is 1. The third-order valence-electron chi connectivity index (χ3n) is 1.32. The molecule has 0 fully saturated rings.